The molecule has 0 aliphatic rings. The summed E-state index contributed by atoms with van der Waals surface area (Å²) in [5, 5.41) is 0. The second kappa shape index (κ2) is 4.92. The van der Waals surface area contributed by atoms with E-state index in [0.29, 0.717) is 11.2 Å². The van der Waals surface area contributed by atoms with Crippen molar-refractivity contribution in [3.8, 4) is 11.5 Å². The van der Waals surface area contributed by atoms with Gasteiger partial charge in [-0.3, -0.25) is 0 Å². The van der Waals surface area contributed by atoms with Crippen molar-refractivity contribution in [2.24, 2.45) is 0 Å². The first-order valence-electron chi connectivity index (χ1n) is 5.92. The Hall–Kier alpha value is -2.28. The molecule has 3 aromatic rings. The van der Waals surface area contributed by atoms with Crippen molar-refractivity contribution in [3.63, 3.8) is 0 Å². The molecule has 0 bridgehead atoms. The molecular formula is C14H9F3N2OS. The highest BCUT2D eigenvalue weighted by Gasteiger charge is 2.30. The van der Waals surface area contributed by atoms with Crippen molar-refractivity contribution in [3.05, 3.63) is 47.5 Å². The number of hydrogen-bond acceptors (Lipinski definition) is 4. The SMILES string of the molecule is Nc1c(Oc2cccc(C(F)(F)F)c2)ccc2scnc12. The van der Waals surface area contributed by atoms with Gasteiger partial charge in [0.15, 0.2) is 5.75 Å². The number of ether oxygens (including phenoxy) is 1. The van der Waals surface area contributed by atoms with Gasteiger partial charge in [-0.25, -0.2) is 4.98 Å². The Morgan fingerprint density at radius 2 is 1.95 bits per heavy atom. The number of rotatable bonds is 2. The van der Waals surface area contributed by atoms with Crippen molar-refractivity contribution < 1.29 is 17.9 Å². The van der Waals surface area contributed by atoms with Crippen LogP contribution in [0.2, 0.25) is 0 Å². The molecule has 3 nitrogen and oxygen atoms in total. The first kappa shape index (κ1) is 13.7. The second-order valence-corrected chi connectivity index (χ2v) is 5.19. The maximum atomic E-state index is 12.7. The summed E-state index contributed by atoms with van der Waals surface area (Å²) >= 11 is 1.43. The molecule has 1 aromatic heterocycles. The van der Waals surface area contributed by atoms with Crippen LogP contribution in [-0.2, 0) is 6.18 Å². The zero-order chi connectivity index (χ0) is 15.0. The van der Waals surface area contributed by atoms with E-state index in [1.54, 1.807) is 17.6 Å². The van der Waals surface area contributed by atoms with E-state index in [2.05, 4.69) is 4.98 Å². The quantitative estimate of drug-likeness (QED) is 0.699. The number of nitrogens with two attached hydrogens (primary N) is 1. The molecule has 7 heteroatoms. The summed E-state index contributed by atoms with van der Waals surface area (Å²) in [6.07, 6.45) is -4.41. The monoisotopic (exact) mass is 310 g/mol. The maximum Gasteiger partial charge on any atom is 0.416 e. The van der Waals surface area contributed by atoms with Crippen molar-refractivity contribution in [2.75, 3.05) is 5.73 Å². The zero-order valence-corrected chi connectivity index (χ0v) is 11.3. The summed E-state index contributed by atoms with van der Waals surface area (Å²) in [4.78, 5) is 4.11. The molecule has 1 heterocycles. The van der Waals surface area contributed by atoms with E-state index in [1.165, 1.54) is 23.5 Å². The number of halogens is 3. The second-order valence-electron chi connectivity index (χ2n) is 4.30. The van der Waals surface area contributed by atoms with Gasteiger partial charge in [0.05, 0.1) is 15.8 Å². The number of anilines is 1. The molecule has 2 N–H and O–H groups in total. The third kappa shape index (κ3) is 2.64. The number of aromatic nitrogens is 1. The van der Waals surface area contributed by atoms with E-state index in [0.717, 1.165) is 16.8 Å². The van der Waals surface area contributed by atoms with E-state index in [9.17, 15) is 13.2 Å². The van der Waals surface area contributed by atoms with Crippen LogP contribution in [0.4, 0.5) is 18.9 Å². The third-order valence-corrected chi connectivity index (χ3v) is 3.68. The van der Waals surface area contributed by atoms with Gasteiger partial charge in [-0.15, -0.1) is 11.3 Å². The van der Waals surface area contributed by atoms with Crippen molar-refractivity contribution in [2.45, 2.75) is 6.18 Å². The molecule has 108 valence electrons. The summed E-state index contributed by atoms with van der Waals surface area (Å²) in [7, 11) is 0. The first-order chi connectivity index (χ1) is 9.95. The molecule has 2 aromatic carbocycles. The molecule has 0 amide bonds. The van der Waals surface area contributed by atoms with Crippen LogP contribution in [0.1, 0.15) is 5.56 Å². The summed E-state index contributed by atoms with van der Waals surface area (Å²) in [5.41, 5.74) is 7.71. The lowest BCUT2D eigenvalue weighted by atomic mass is 10.2. The topological polar surface area (TPSA) is 48.1 Å². The van der Waals surface area contributed by atoms with Crippen LogP contribution in [0.3, 0.4) is 0 Å². The molecule has 0 saturated carbocycles. The first-order valence-corrected chi connectivity index (χ1v) is 6.80. The number of benzene rings is 2. The fourth-order valence-corrected chi connectivity index (χ4v) is 2.58. The van der Waals surface area contributed by atoms with Gasteiger partial charge in [-0.1, -0.05) is 6.07 Å². The molecule has 0 fully saturated rings. The Morgan fingerprint density at radius 3 is 2.71 bits per heavy atom. The molecule has 0 spiro atoms. The maximum absolute atomic E-state index is 12.7. The summed E-state index contributed by atoms with van der Waals surface area (Å²) in [6, 6.07) is 8.04. The van der Waals surface area contributed by atoms with E-state index >= 15 is 0 Å². The standard InChI is InChI=1S/C14H9F3N2OS/c15-14(16,17)8-2-1-3-9(6-8)20-10-4-5-11-13(12(10)18)19-7-21-11/h1-7H,18H2. The van der Waals surface area contributed by atoms with Gasteiger partial charge in [-0.2, -0.15) is 13.2 Å². The van der Waals surface area contributed by atoms with Gasteiger partial charge in [0.25, 0.3) is 0 Å². The third-order valence-electron chi connectivity index (χ3n) is 2.89. The van der Waals surface area contributed by atoms with Gasteiger partial charge >= 0.3 is 6.18 Å². The van der Waals surface area contributed by atoms with Crippen LogP contribution in [0.25, 0.3) is 10.2 Å². The molecule has 21 heavy (non-hydrogen) atoms. The summed E-state index contributed by atoms with van der Waals surface area (Å²) < 4.78 is 44.3. The molecular weight excluding hydrogens is 301 g/mol. The average Bonchev–Trinajstić information content (AvgIpc) is 2.91. The van der Waals surface area contributed by atoms with Crippen molar-refractivity contribution in [1.29, 1.82) is 0 Å². The smallest absolute Gasteiger partial charge is 0.416 e. The number of fused-ring (bicyclic) bond motifs is 1. The fraction of sp³-hybridized carbons (Fsp3) is 0.0714. The summed E-state index contributed by atoms with van der Waals surface area (Å²) in [5.74, 6) is 0.360. The molecule has 0 atom stereocenters. The highest BCUT2D eigenvalue weighted by atomic mass is 32.1. The van der Waals surface area contributed by atoms with Crippen LogP contribution in [-0.4, -0.2) is 4.98 Å². The van der Waals surface area contributed by atoms with Gasteiger partial charge in [-0.05, 0) is 30.3 Å². The van der Waals surface area contributed by atoms with Crippen molar-refractivity contribution in [1.82, 2.24) is 4.98 Å². The van der Waals surface area contributed by atoms with Crippen LogP contribution in [0.15, 0.2) is 41.9 Å². The normalized spacial score (nSPS) is 11.8. The van der Waals surface area contributed by atoms with Crippen LogP contribution >= 0.6 is 11.3 Å². The van der Waals surface area contributed by atoms with Crippen molar-refractivity contribution >= 4 is 27.2 Å². The minimum atomic E-state index is -4.41. The average molecular weight is 310 g/mol. The highest BCUT2D eigenvalue weighted by molar-refractivity contribution is 7.16. The predicted octanol–water partition coefficient (Wildman–Crippen LogP) is 4.69. The Labute approximate surface area is 121 Å². The number of thiazole rings is 1. The molecule has 0 aliphatic carbocycles. The molecule has 0 unspecified atom stereocenters. The van der Waals surface area contributed by atoms with E-state index in [1.807, 2.05) is 0 Å². The Bertz CT molecular complexity index is 798. The minimum Gasteiger partial charge on any atom is -0.455 e. The summed E-state index contributed by atoms with van der Waals surface area (Å²) in [6.45, 7) is 0. The van der Waals surface area contributed by atoms with Crippen LogP contribution in [0.5, 0.6) is 11.5 Å². The lowest BCUT2D eigenvalue weighted by Crippen LogP contribution is -2.04. The van der Waals surface area contributed by atoms with Gasteiger partial charge in [0, 0.05) is 0 Å². The molecule has 0 aliphatic heterocycles. The molecule has 3 rings (SSSR count). The predicted molar refractivity (Wildman–Crippen MR) is 75.6 cm³/mol. The number of alkyl halides is 3. The largest absolute Gasteiger partial charge is 0.455 e. The highest BCUT2D eigenvalue weighted by Crippen LogP contribution is 2.36. The number of nitrogen functional groups attached to an aromatic ring is 1. The van der Waals surface area contributed by atoms with Gasteiger partial charge < -0.3 is 10.5 Å². The van der Waals surface area contributed by atoms with Gasteiger partial charge in [0.2, 0.25) is 0 Å². The molecule has 0 saturated heterocycles. The van der Waals surface area contributed by atoms with Crippen LogP contribution < -0.4 is 10.5 Å². The lowest BCUT2D eigenvalue weighted by Gasteiger charge is -2.11. The Balaban J connectivity index is 1.97. The number of nitrogens with zero attached hydrogens (tertiary/aromatic N) is 1. The number of hydrogen-bond donors (Lipinski definition) is 1. The Kier molecular flexibility index (Phi) is 3.21. The van der Waals surface area contributed by atoms with E-state index < -0.39 is 11.7 Å². The fourth-order valence-electron chi connectivity index (χ4n) is 1.89. The molecule has 0 radical (unpaired) electrons. The van der Waals surface area contributed by atoms with Crippen LogP contribution in [0, 0.1) is 0 Å². The minimum absolute atomic E-state index is 0.0751. The van der Waals surface area contributed by atoms with E-state index in [4.69, 9.17) is 10.5 Å². The van der Waals surface area contributed by atoms with Gasteiger partial charge in [0.1, 0.15) is 17.0 Å². The lowest BCUT2D eigenvalue weighted by molar-refractivity contribution is -0.137. The van der Waals surface area contributed by atoms with E-state index in [-0.39, 0.29) is 11.5 Å². The zero-order valence-electron chi connectivity index (χ0n) is 10.5. The Morgan fingerprint density at radius 1 is 1.14 bits per heavy atom.